The van der Waals surface area contributed by atoms with Crippen LogP contribution in [0.1, 0.15) is 29.7 Å². The van der Waals surface area contributed by atoms with Crippen molar-refractivity contribution in [1.82, 2.24) is 0 Å². The quantitative estimate of drug-likeness (QED) is 0.636. The third kappa shape index (κ3) is 3.52. The molecule has 2 aromatic rings. The minimum Gasteiger partial charge on any atom is -0.373 e. The summed E-state index contributed by atoms with van der Waals surface area (Å²) in [5.74, 6) is 0. The van der Waals surface area contributed by atoms with Gasteiger partial charge in [-0.2, -0.15) is 0 Å². The molecule has 5 heteroatoms. The van der Waals surface area contributed by atoms with Crippen LogP contribution in [0.5, 0.6) is 0 Å². The van der Waals surface area contributed by atoms with E-state index in [4.69, 9.17) is 11.6 Å². The number of hydrogen-bond donors (Lipinski definition) is 1. The number of halogens is 1. The summed E-state index contributed by atoms with van der Waals surface area (Å²) in [5, 5.41) is 14.6. The Kier molecular flexibility index (Phi) is 4.48. The monoisotopic (exact) mass is 304 g/mol. The van der Waals surface area contributed by atoms with E-state index in [1.165, 1.54) is 17.2 Å². The predicted octanol–water partition coefficient (Wildman–Crippen LogP) is 5.04. The molecule has 0 fully saturated rings. The molecule has 0 aromatic heterocycles. The molecule has 0 aliphatic heterocycles. The summed E-state index contributed by atoms with van der Waals surface area (Å²) in [6.45, 7) is 6.08. The Labute approximate surface area is 128 Å². The molecule has 0 heterocycles. The van der Waals surface area contributed by atoms with Gasteiger partial charge in [-0.1, -0.05) is 29.8 Å². The fourth-order valence-electron chi connectivity index (χ4n) is 2.13. The first-order valence-corrected chi connectivity index (χ1v) is 7.04. The van der Waals surface area contributed by atoms with Crippen molar-refractivity contribution in [3.63, 3.8) is 0 Å². The number of nitro groups is 1. The lowest BCUT2D eigenvalue weighted by Gasteiger charge is -2.17. The van der Waals surface area contributed by atoms with Gasteiger partial charge in [0.15, 0.2) is 0 Å². The molecule has 2 rings (SSSR count). The Balaban J connectivity index is 2.29. The first-order valence-electron chi connectivity index (χ1n) is 6.66. The van der Waals surface area contributed by atoms with E-state index < -0.39 is 4.92 Å². The van der Waals surface area contributed by atoms with Gasteiger partial charge in [0.25, 0.3) is 5.69 Å². The van der Waals surface area contributed by atoms with Gasteiger partial charge in [-0.15, -0.1) is 0 Å². The lowest BCUT2D eigenvalue weighted by atomic mass is 10.0. The molecule has 0 saturated carbocycles. The number of anilines is 1. The van der Waals surface area contributed by atoms with Crippen LogP contribution in [0.4, 0.5) is 11.4 Å². The van der Waals surface area contributed by atoms with Crippen molar-refractivity contribution in [3.05, 3.63) is 68.2 Å². The molecule has 4 nitrogen and oxygen atoms in total. The molecule has 0 aliphatic rings. The average Bonchev–Trinajstić information content (AvgIpc) is 2.43. The van der Waals surface area contributed by atoms with Crippen LogP contribution < -0.4 is 5.32 Å². The SMILES string of the molecule is Cc1ccc(C(C)Nc2ccc(Cl)cc2[N+](=O)[O-])cc1C. The number of rotatable bonds is 4. The zero-order chi connectivity index (χ0) is 15.6. The highest BCUT2D eigenvalue weighted by molar-refractivity contribution is 6.30. The van der Waals surface area contributed by atoms with Gasteiger partial charge >= 0.3 is 0 Å². The normalized spacial score (nSPS) is 12.0. The highest BCUT2D eigenvalue weighted by atomic mass is 35.5. The molecule has 0 amide bonds. The molecule has 2 aromatic carbocycles. The smallest absolute Gasteiger partial charge is 0.293 e. The Bertz CT molecular complexity index is 686. The molecule has 1 unspecified atom stereocenters. The van der Waals surface area contributed by atoms with Crippen LogP contribution in [0.15, 0.2) is 36.4 Å². The molecular weight excluding hydrogens is 288 g/mol. The molecule has 1 atom stereocenters. The molecule has 1 N–H and O–H groups in total. The van der Waals surface area contributed by atoms with Crippen LogP contribution in [0, 0.1) is 24.0 Å². The van der Waals surface area contributed by atoms with Crippen molar-refractivity contribution in [2.75, 3.05) is 5.32 Å². The lowest BCUT2D eigenvalue weighted by Crippen LogP contribution is -2.08. The molecule has 0 aliphatic carbocycles. The van der Waals surface area contributed by atoms with Crippen LogP contribution in [-0.4, -0.2) is 4.92 Å². The van der Waals surface area contributed by atoms with E-state index in [1.807, 2.05) is 13.0 Å². The van der Waals surface area contributed by atoms with Gasteiger partial charge in [-0.25, -0.2) is 0 Å². The van der Waals surface area contributed by atoms with E-state index in [2.05, 4.69) is 31.3 Å². The van der Waals surface area contributed by atoms with E-state index in [-0.39, 0.29) is 11.7 Å². The molecule has 0 radical (unpaired) electrons. The molecule has 110 valence electrons. The van der Waals surface area contributed by atoms with Crippen molar-refractivity contribution in [1.29, 1.82) is 0 Å². The minimum atomic E-state index is -0.429. The third-order valence-corrected chi connectivity index (χ3v) is 3.79. The van der Waals surface area contributed by atoms with Crippen molar-refractivity contribution in [2.45, 2.75) is 26.8 Å². The van der Waals surface area contributed by atoms with Crippen molar-refractivity contribution in [3.8, 4) is 0 Å². The zero-order valence-corrected chi connectivity index (χ0v) is 12.9. The molecule has 21 heavy (non-hydrogen) atoms. The fraction of sp³-hybridized carbons (Fsp3) is 0.250. The summed E-state index contributed by atoms with van der Waals surface area (Å²) in [6, 6.07) is 10.8. The molecule has 0 spiro atoms. The summed E-state index contributed by atoms with van der Waals surface area (Å²) in [6.07, 6.45) is 0. The molecule has 0 bridgehead atoms. The fourth-order valence-corrected chi connectivity index (χ4v) is 2.29. The van der Waals surface area contributed by atoms with Crippen LogP contribution >= 0.6 is 11.6 Å². The predicted molar refractivity (Wildman–Crippen MR) is 86.1 cm³/mol. The Morgan fingerprint density at radius 2 is 1.86 bits per heavy atom. The Hall–Kier alpha value is -2.07. The highest BCUT2D eigenvalue weighted by Gasteiger charge is 2.16. The number of nitrogens with one attached hydrogen (secondary N) is 1. The highest BCUT2D eigenvalue weighted by Crippen LogP contribution is 2.31. The number of nitrogens with zero attached hydrogens (tertiary/aromatic N) is 1. The van der Waals surface area contributed by atoms with Gasteiger partial charge in [-0.3, -0.25) is 10.1 Å². The van der Waals surface area contributed by atoms with Gasteiger partial charge < -0.3 is 5.32 Å². The first kappa shape index (κ1) is 15.3. The van der Waals surface area contributed by atoms with Crippen LogP contribution in [0.2, 0.25) is 5.02 Å². The number of aryl methyl sites for hydroxylation is 2. The molecule has 0 saturated heterocycles. The number of hydrogen-bond acceptors (Lipinski definition) is 3. The maximum absolute atomic E-state index is 11.1. The van der Waals surface area contributed by atoms with E-state index in [1.54, 1.807) is 12.1 Å². The van der Waals surface area contributed by atoms with Crippen molar-refractivity contribution < 1.29 is 4.92 Å². The van der Waals surface area contributed by atoms with Crippen LogP contribution in [0.3, 0.4) is 0 Å². The third-order valence-electron chi connectivity index (χ3n) is 3.56. The van der Waals surface area contributed by atoms with E-state index in [9.17, 15) is 10.1 Å². The van der Waals surface area contributed by atoms with Crippen molar-refractivity contribution in [2.24, 2.45) is 0 Å². The second-order valence-corrected chi connectivity index (χ2v) is 5.56. The summed E-state index contributed by atoms with van der Waals surface area (Å²) >= 11 is 5.82. The second kappa shape index (κ2) is 6.14. The van der Waals surface area contributed by atoms with E-state index >= 15 is 0 Å². The maximum atomic E-state index is 11.1. The zero-order valence-electron chi connectivity index (χ0n) is 12.2. The average molecular weight is 305 g/mol. The van der Waals surface area contributed by atoms with Gasteiger partial charge in [-0.05, 0) is 49.6 Å². The minimum absolute atomic E-state index is 0.0156. The number of benzene rings is 2. The van der Waals surface area contributed by atoms with Crippen LogP contribution in [-0.2, 0) is 0 Å². The first-order chi connectivity index (χ1) is 9.88. The summed E-state index contributed by atoms with van der Waals surface area (Å²) in [5.41, 5.74) is 3.96. The van der Waals surface area contributed by atoms with Crippen LogP contribution in [0.25, 0.3) is 0 Å². The lowest BCUT2D eigenvalue weighted by molar-refractivity contribution is -0.384. The maximum Gasteiger partial charge on any atom is 0.293 e. The largest absolute Gasteiger partial charge is 0.373 e. The van der Waals surface area contributed by atoms with E-state index in [0.717, 1.165) is 5.56 Å². The number of nitro benzene ring substituents is 1. The summed E-state index contributed by atoms with van der Waals surface area (Å²) < 4.78 is 0. The summed E-state index contributed by atoms with van der Waals surface area (Å²) in [7, 11) is 0. The molecular formula is C16H17ClN2O2. The van der Waals surface area contributed by atoms with Gasteiger partial charge in [0.1, 0.15) is 5.69 Å². The van der Waals surface area contributed by atoms with Crippen molar-refractivity contribution >= 4 is 23.0 Å². The van der Waals surface area contributed by atoms with Gasteiger partial charge in [0.2, 0.25) is 0 Å². The second-order valence-electron chi connectivity index (χ2n) is 5.13. The Morgan fingerprint density at radius 3 is 2.48 bits per heavy atom. The van der Waals surface area contributed by atoms with Gasteiger partial charge in [0, 0.05) is 17.1 Å². The topological polar surface area (TPSA) is 55.2 Å². The standard InChI is InChI=1S/C16H17ClN2O2/c1-10-4-5-13(8-11(10)2)12(3)18-15-7-6-14(17)9-16(15)19(20)21/h4-9,12,18H,1-3H3. The van der Waals surface area contributed by atoms with E-state index in [0.29, 0.717) is 10.7 Å². The Morgan fingerprint density at radius 1 is 1.14 bits per heavy atom. The van der Waals surface area contributed by atoms with Gasteiger partial charge in [0.05, 0.1) is 4.92 Å². The summed E-state index contributed by atoms with van der Waals surface area (Å²) in [4.78, 5) is 10.7.